The molecule has 4 heteroatoms. The molecule has 1 saturated carbocycles. The molecule has 2 nitrogen and oxygen atoms in total. The highest BCUT2D eigenvalue weighted by Crippen LogP contribution is 2.49. The quantitative estimate of drug-likeness (QED) is 0.839. The topological polar surface area (TPSA) is 21.3 Å². The Morgan fingerprint density at radius 3 is 2.86 bits per heavy atom. The van der Waals surface area contributed by atoms with Gasteiger partial charge in [0.05, 0.1) is 6.10 Å². The minimum absolute atomic E-state index is 0.158. The molecule has 3 rings (SSSR count). The molecule has 2 atom stereocenters. The SMILES string of the molecule is CCNCC1(Cc2cc(Cl)ccc2Cl)CCOC1C1CC1. The van der Waals surface area contributed by atoms with Crippen LogP contribution in [0.15, 0.2) is 18.2 Å². The second-order valence-corrected chi connectivity index (χ2v) is 7.28. The first kappa shape index (κ1) is 15.6. The summed E-state index contributed by atoms with van der Waals surface area (Å²) in [6.45, 7) is 5.00. The van der Waals surface area contributed by atoms with Crippen LogP contribution in [0.25, 0.3) is 0 Å². The van der Waals surface area contributed by atoms with E-state index in [-0.39, 0.29) is 5.41 Å². The number of halogens is 2. The first-order chi connectivity index (χ1) is 10.1. The monoisotopic (exact) mass is 327 g/mol. The Hall–Kier alpha value is -0.280. The Balaban J connectivity index is 1.86. The maximum Gasteiger partial charge on any atom is 0.0675 e. The summed E-state index contributed by atoms with van der Waals surface area (Å²) in [5, 5.41) is 5.12. The van der Waals surface area contributed by atoms with Gasteiger partial charge in [-0.3, -0.25) is 0 Å². The van der Waals surface area contributed by atoms with Gasteiger partial charge in [0.1, 0.15) is 0 Å². The van der Waals surface area contributed by atoms with Gasteiger partial charge in [0.15, 0.2) is 0 Å². The first-order valence-electron chi connectivity index (χ1n) is 7.91. The molecule has 1 N–H and O–H groups in total. The summed E-state index contributed by atoms with van der Waals surface area (Å²) in [4.78, 5) is 0. The summed E-state index contributed by atoms with van der Waals surface area (Å²) in [6.07, 6.45) is 5.03. The third-order valence-electron chi connectivity index (χ3n) is 4.83. The van der Waals surface area contributed by atoms with Crippen LogP contribution < -0.4 is 5.32 Å². The Morgan fingerprint density at radius 1 is 1.33 bits per heavy atom. The first-order valence-corrected chi connectivity index (χ1v) is 8.66. The van der Waals surface area contributed by atoms with Crippen LogP contribution in [-0.2, 0) is 11.2 Å². The van der Waals surface area contributed by atoms with Gasteiger partial charge in [-0.15, -0.1) is 0 Å². The largest absolute Gasteiger partial charge is 0.377 e. The van der Waals surface area contributed by atoms with Crippen molar-refractivity contribution in [2.75, 3.05) is 19.7 Å². The third-order valence-corrected chi connectivity index (χ3v) is 5.43. The van der Waals surface area contributed by atoms with Gasteiger partial charge >= 0.3 is 0 Å². The van der Waals surface area contributed by atoms with E-state index < -0.39 is 0 Å². The summed E-state index contributed by atoms with van der Waals surface area (Å²) < 4.78 is 6.12. The molecule has 2 aliphatic rings. The van der Waals surface area contributed by atoms with Crippen molar-refractivity contribution < 1.29 is 4.74 Å². The second kappa shape index (κ2) is 6.45. The van der Waals surface area contributed by atoms with Crippen LogP contribution in [0.1, 0.15) is 31.7 Å². The zero-order valence-corrected chi connectivity index (χ0v) is 14.0. The molecule has 1 aliphatic heterocycles. The predicted octanol–water partition coefficient (Wildman–Crippen LogP) is 4.33. The van der Waals surface area contributed by atoms with Crippen molar-refractivity contribution in [3.8, 4) is 0 Å². The van der Waals surface area contributed by atoms with Crippen LogP contribution in [0.5, 0.6) is 0 Å². The summed E-state index contributed by atoms with van der Waals surface area (Å²) in [7, 11) is 0. The zero-order chi connectivity index (χ0) is 14.9. The van der Waals surface area contributed by atoms with Crippen molar-refractivity contribution in [2.45, 2.75) is 38.7 Å². The molecule has 2 fully saturated rings. The lowest BCUT2D eigenvalue weighted by atomic mass is 9.74. The molecular formula is C17H23Cl2NO. The highest BCUT2D eigenvalue weighted by molar-refractivity contribution is 6.33. The summed E-state index contributed by atoms with van der Waals surface area (Å²) in [5.41, 5.74) is 1.31. The van der Waals surface area contributed by atoms with Crippen molar-refractivity contribution in [3.63, 3.8) is 0 Å². The van der Waals surface area contributed by atoms with Crippen LogP contribution in [0, 0.1) is 11.3 Å². The standard InChI is InChI=1S/C17H23Cl2NO/c1-2-20-11-17(7-8-21-16(17)12-3-4-12)10-13-9-14(18)5-6-15(13)19/h5-6,9,12,16,20H,2-4,7-8,10-11H2,1H3. The molecule has 1 aromatic rings. The molecule has 0 bridgehead atoms. The zero-order valence-electron chi connectivity index (χ0n) is 12.5. The van der Waals surface area contributed by atoms with Gasteiger partial charge in [-0.1, -0.05) is 30.1 Å². The minimum atomic E-state index is 0.158. The van der Waals surface area contributed by atoms with E-state index in [1.54, 1.807) is 0 Å². The number of hydrogen-bond acceptors (Lipinski definition) is 2. The van der Waals surface area contributed by atoms with Crippen molar-refractivity contribution in [3.05, 3.63) is 33.8 Å². The average Bonchev–Trinajstić information content (AvgIpc) is 3.23. The molecule has 1 aliphatic carbocycles. The van der Waals surface area contributed by atoms with Gasteiger partial charge in [0, 0.05) is 28.6 Å². The molecule has 0 amide bonds. The van der Waals surface area contributed by atoms with E-state index in [0.29, 0.717) is 6.10 Å². The van der Waals surface area contributed by atoms with Gasteiger partial charge in [-0.2, -0.15) is 0 Å². The fourth-order valence-corrected chi connectivity index (χ4v) is 3.99. The van der Waals surface area contributed by atoms with Crippen LogP contribution in [0.2, 0.25) is 10.0 Å². The molecule has 2 unspecified atom stereocenters. The molecule has 21 heavy (non-hydrogen) atoms. The number of rotatable bonds is 6. The van der Waals surface area contributed by atoms with Gasteiger partial charge in [-0.05, 0) is 61.9 Å². The van der Waals surface area contributed by atoms with E-state index in [9.17, 15) is 0 Å². The Kier molecular flexibility index (Phi) is 4.80. The van der Waals surface area contributed by atoms with Gasteiger partial charge in [0.2, 0.25) is 0 Å². The number of benzene rings is 1. The Bertz CT molecular complexity index is 504. The summed E-state index contributed by atoms with van der Waals surface area (Å²) in [6, 6.07) is 5.77. The second-order valence-electron chi connectivity index (χ2n) is 6.43. The lowest BCUT2D eigenvalue weighted by Crippen LogP contribution is -2.43. The third kappa shape index (κ3) is 3.39. The molecule has 1 heterocycles. The van der Waals surface area contributed by atoms with Crippen molar-refractivity contribution >= 4 is 23.2 Å². The van der Waals surface area contributed by atoms with E-state index in [1.165, 1.54) is 12.8 Å². The smallest absolute Gasteiger partial charge is 0.0675 e. The van der Waals surface area contributed by atoms with E-state index in [1.807, 2.05) is 18.2 Å². The molecule has 1 saturated heterocycles. The Labute approximate surface area is 137 Å². The molecule has 0 radical (unpaired) electrons. The fourth-order valence-electron chi connectivity index (χ4n) is 3.62. The molecular weight excluding hydrogens is 305 g/mol. The number of hydrogen-bond donors (Lipinski definition) is 1. The molecule has 0 spiro atoms. The summed E-state index contributed by atoms with van der Waals surface area (Å²) in [5.74, 6) is 0.740. The van der Waals surface area contributed by atoms with Gasteiger partial charge in [-0.25, -0.2) is 0 Å². The van der Waals surface area contributed by atoms with Crippen molar-refractivity contribution in [2.24, 2.45) is 11.3 Å². The predicted molar refractivity (Wildman–Crippen MR) is 88.2 cm³/mol. The number of nitrogens with one attached hydrogen (secondary N) is 1. The highest BCUT2D eigenvalue weighted by atomic mass is 35.5. The lowest BCUT2D eigenvalue weighted by molar-refractivity contribution is 0.0309. The molecule has 1 aromatic carbocycles. The van der Waals surface area contributed by atoms with Crippen LogP contribution in [0.4, 0.5) is 0 Å². The Morgan fingerprint density at radius 2 is 2.14 bits per heavy atom. The van der Waals surface area contributed by atoms with Crippen LogP contribution >= 0.6 is 23.2 Å². The maximum absolute atomic E-state index is 6.39. The number of ether oxygens (including phenoxy) is 1. The van der Waals surface area contributed by atoms with Gasteiger partial charge < -0.3 is 10.1 Å². The van der Waals surface area contributed by atoms with Crippen LogP contribution in [0.3, 0.4) is 0 Å². The maximum atomic E-state index is 6.39. The van der Waals surface area contributed by atoms with E-state index in [0.717, 1.165) is 54.1 Å². The van der Waals surface area contributed by atoms with E-state index in [4.69, 9.17) is 27.9 Å². The minimum Gasteiger partial charge on any atom is -0.377 e. The fraction of sp³-hybridized carbons (Fsp3) is 0.647. The van der Waals surface area contributed by atoms with Crippen molar-refractivity contribution in [1.82, 2.24) is 5.32 Å². The molecule has 116 valence electrons. The van der Waals surface area contributed by atoms with Crippen LogP contribution in [-0.4, -0.2) is 25.8 Å². The average molecular weight is 328 g/mol. The molecule has 0 aromatic heterocycles. The normalized spacial score (nSPS) is 29.0. The van der Waals surface area contributed by atoms with Crippen molar-refractivity contribution in [1.29, 1.82) is 0 Å². The van der Waals surface area contributed by atoms with Gasteiger partial charge in [0.25, 0.3) is 0 Å². The van der Waals surface area contributed by atoms with E-state index >= 15 is 0 Å². The lowest BCUT2D eigenvalue weighted by Gasteiger charge is -2.35. The van der Waals surface area contributed by atoms with E-state index in [2.05, 4.69) is 12.2 Å². The summed E-state index contributed by atoms with van der Waals surface area (Å²) >= 11 is 12.6. The highest BCUT2D eigenvalue weighted by Gasteiger charge is 2.50.